The van der Waals surface area contributed by atoms with E-state index in [1.165, 1.54) is 21.1 Å². The Morgan fingerprint density at radius 2 is 1.85 bits per heavy atom. The van der Waals surface area contributed by atoms with Crippen molar-refractivity contribution in [3.63, 3.8) is 0 Å². The largest absolute Gasteiger partial charge is 0.493 e. The Morgan fingerprint density at radius 3 is 2.35 bits per heavy atom. The first kappa shape index (κ1) is 16.1. The monoisotopic (exact) mass is 291 g/mol. The van der Waals surface area contributed by atoms with Crippen LogP contribution in [0.15, 0.2) is 18.2 Å². The summed E-state index contributed by atoms with van der Waals surface area (Å²) in [5.74, 6) is -0.923. The molecule has 1 aromatic rings. The molecule has 7 heteroatoms. The minimum absolute atomic E-state index is 0.252. The number of hydrogen-bond acceptors (Lipinski definition) is 3. The summed E-state index contributed by atoms with van der Waals surface area (Å²) in [4.78, 5) is 10.8. The molecule has 0 aliphatic rings. The van der Waals surface area contributed by atoms with Crippen LogP contribution in [-0.2, 0) is 11.2 Å². The van der Waals surface area contributed by atoms with Crippen LogP contribution < -0.4 is 14.8 Å². The molecule has 1 aromatic carbocycles. The molecular formula is C13H16F3NO3. The second kappa shape index (κ2) is 6.49. The SMILES string of the molecule is COc1ccc(C[C@H](C)NC(=O)C(F)(F)F)cc1OC. The molecule has 20 heavy (non-hydrogen) atoms. The Morgan fingerprint density at radius 1 is 1.25 bits per heavy atom. The zero-order valence-electron chi connectivity index (χ0n) is 11.4. The number of ether oxygens (including phenoxy) is 2. The van der Waals surface area contributed by atoms with Crippen molar-refractivity contribution in [2.45, 2.75) is 25.6 Å². The van der Waals surface area contributed by atoms with Gasteiger partial charge in [0, 0.05) is 6.04 Å². The van der Waals surface area contributed by atoms with Gasteiger partial charge in [0.05, 0.1) is 14.2 Å². The average Bonchev–Trinajstić information content (AvgIpc) is 2.37. The molecule has 0 saturated heterocycles. The van der Waals surface area contributed by atoms with Crippen LogP contribution in [0.25, 0.3) is 0 Å². The van der Waals surface area contributed by atoms with E-state index < -0.39 is 18.1 Å². The minimum Gasteiger partial charge on any atom is -0.493 e. The third-order valence-corrected chi connectivity index (χ3v) is 2.62. The maximum absolute atomic E-state index is 12.1. The Labute approximate surface area is 114 Å². The molecule has 112 valence electrons. The highest BCUT2D eigenvalue weighted by Gasteiger charge is 2.39. The van der Waals surface area contributed by atoms with E-state index in [0.717, 1.165) is 5.56 Å². The quantitative estimate of drug-likeness (QED) is 0.905. The number of amides is 1. The number of alkyl halides is 3. The molecule has 0 radical (unpaired) electrons. The summed E-state index contributed by atoms with van der Waals surface area (Å²) in [6.45, 7) is 1.50. The van der Waals surface area contributed by atoms with Crippen molar-refractivity contribution in [3.05, 3.63) is 23.8 Å². The summed E-state index contributed by atoms with van der Waals surface area (Å²) in [5.41, 5.74) is 0.734. The summed E-state index contributed by atoms with van der Waals surface area (Å²) in [5, 5.41) is 1.90. The summed E-state index contributed by atoms with van der Waals surface area (Å²) >= 11 is 0. The standard InChI is InChI=1S/C13H16F3NO3/c1-8(17-12(18)13(14,15)16)6-9-4-5-10(19-2)11(7-9)20-3/h4-5,7-8H,6H2,1-3H3,(H,17,18)/t8-/m0/s1. The van der Waals surface area contributed by atoms with Crippen molar-refractivity contribution in [2.24, 2.45) is 0 Å². The molecular weight excluding hydrogens is 275 g/mol. The van der Waals surface area contributed by atoms with Gasteiger partial charge in [0.15, 0.2) is 11.5 Å². The van der Waals surface area contributed by atoms with Crippen molar-refractivity contribution in [1.82, 2.24) is 5.32 Å². The van der Waals surface area contributed by atoms with Crippen LogP contribution in [0.5, 0.6) is 11.5 Å². The summed E-state index contributed by atoms with van der Waals surface area (Å²) in [7, 11) is 2.96. The predicted octanol–water partition coefficient (Wildman–Crippen LogP) is 2.31. The number of halogens is 3. The van der Waals surface area contributed by atoms with Crippen molar-refractivity contribution >= 4 is 5.91 Å². The fourth-order valence-corrected chi connectivity index (χ4v) is 1.72. The first-order valence-electron chi connectivity index (χ1n) is 5.86. The van der Waals surface area contributed by atoms with Gasteiger partial charge in [0.2, 0.25) is 0 Å². The van der Waals surface area contributed by atoms with Gasteiger partial charge in [0.25, 0.3) is 0 Å². The van der Waals surface area contributed by atoms with E-state index in [1.54, 1.807) is 18.2 Å². The van der Waals surface area contributed by atoms with Crippen LogP contribution in [0.2, 0.25) is 0 Å². The van der Waals surface area contributed by atoms with Crippen LogP contribution in [0.3, 0.4) is 0 Å². The van der Waals surface area contributed by atoms with Crippen molar-refractivity contribution in [3.8, 4) is 11.5 Å². The number of rotatable bonds is 5. The highest BCUT2D eigenvalue weighted by atomic mass is 19.4. The maximum Gasteiger partial charge on any atom is 0.471 e. The van der Waals surface area contributed by atoms with E-state index in [9.17, 15) is 18.0 Å². The second-order valence-electron chi connectivity index (χ2n) is 4.27. The fraction of sp³-hybridized carbons (Fsp3) is 0.462. The normalized spacial score (nSPS) is 12.7. The van der Waals surface area contributed by atoms with Crippen LogP contribution >= 0.6 is 0 Å². The van der Waals surface area contributed by atoms with Gasteiger partial charge >= 0.3 is 12.1 Å². The Kier molecular flexibility index (Phi) is 5.24. The zero-order chi connectivity index (χ0) is 15.3. The van der Waals surface area contributed by atoms with E-state index in [0.29, 0.717) is 11.5 Å². The smallest absolute Gasteiger partial charge is 0.471 e. The number of carbonyl (C=O) groups is 1. The molecule has 4 nitrogen and oxygen atoms in total. The molecule has 0 unspecified atom stereocenters. The topological polar surface area (TPSA) is 47.6 Å². The van der Waals surface area contributed by atoms with Crippen LogP contribution in [0.1, 0.15) is 12.5 Å². The number of nitrogens with one attached hydrogen (secondary N) is 1. The van der Waals surface area contributed by atoms with Gasteiger partial charge in [-0.25, -0.2) is 0 Å². The summed E-state index contributed by atoms with van der Waals surface area (Å²) < 4.78 is 46.5. The highest BCUT2D eigenvalue weighted by Crippen LogP contribution is 2.28. The summed E-state index contributed by atoms with van der Waals surface area (Å²) in [6, 6.07) is 4.38. The molecule has 1 atom stereocenters. The van der Waals surface area contributed by atoms with Gasteiger partial charge in [0.1, 0.15) is 0 Å². The number of benzene rings is 1. The van der Waals surface area contributed by atoms with Crippen LogP contribution in [0.4, 0.5) is 13.2 Å². The fourth-order valence-electron chi connectivity index (χ4n) is 1.72. The lowest BCUT2D eigenvalue weighted by Crippen LogP contribution is -2.42. The summed E-state index contributed by atoms with van der Waals surface area (Å²) in [6.07, 6.45) is -4.62. The number of carbonyl (C=O) groups excluding carboxylic acids is 1. The van der Waals surface area contributed by atoms with Gasteiger partial charge in [-0.2, -0.15) is 13.2 Å². The van der Waals surface area contributed by atoms with Crippen molar-refractivity contribution in [2.75, 3.05) is 14.2 Å². The molecule has 0 heterocycles. The molecule has 0 aliphatic carbocycles. The molecule has 0 saturated carbocycles. The lowest BCUT2D eigenvalue weighted by molar-refractivity contribution is -0.174. The average molecular weight is 291 g/mol. The third-order valence-electron chi connectivity index (χ3n) is 2.62. The number of hydrogen-bond donors (Lipinski definition) is 1. The number of methoxy groups -OCH3 is 2. The highest BCUT2D eigenvalue weighted by molar-refractivity contribution is 5.81. The molecule has 0 spiro atoms. The molecule has 0 aromatic heterocycles. The zero-order valence-corrected chi connectivity index (χ0v) is 11.4. The lowest BCUT2D eigenvalue weighted by Gasteiger charge is -2.16. The molecule has 0 fully saturated rings. The molecule has 1 rings (SSSR count). The molecule has 1 N–H and O–H groups in total. The van der Waals surface area contributed by atoms with Gasteiger partial charge in [-0.1, -0.05) is 6.07 Å². The van der Waals surface area contributed by atoms with E-state index in [2.05, 4.69) is 0 Å². The Balaban J connectivity index is 2.71. The van der Waals surface area contributed by atoms with Gasteiger partial charge < -0.3 is 14.8 Å². The van der Waals surface area contributed by atoms with E-state index in [-0.39, 0.29) is 6.42 Å². The molecule has 1 amide bonds. The first-order valence-corrected chi connectivity index (χ1v) is 5.86. The predicted molar refractivity (Wildman–Crippen MR) is 66.9 cm³/mol. The van der Waals surface area contributed by atoms with Gasteiger partial charge in [-0.15, -0.1) is 0 Å². The molecule has 0 bridgehead atoms. The van der Waals surface area contributed by atoms with Crippen molar-refractivity contribution in [1.29, 1.82) is 0 Å². The van der Waals surface area contributed by atoms with Gasteiger partial charge in [-0.05, 0) is 31.0 Å². The van der Waals surface area contributed by atoms with E-state index in [4.69, 9.17) is 9.47 Å². The lowest BCUT2D eigenvalue weighted by atomic mass is 10.1. The van der Waals surface area contributed by atoms with E-state index >= 15 is 0 Å². The third kappa shape index (κ3) is 4.32. The second-order valence-corrected chi connectivity index (χ2v) is 4.27. The van der Waals surface area contributed by atoms with Crippen LogP contribution in [-0.4, -0.2) is 32.3 Å². The van der Waals surface area contributed by atoms with Crippen molar-refractivity contribution < 1.29 is 27.4 Å². The minimum atomic E-state index is -4.87. The Hall–Kier alpha value is -1.92. The molecule has 0 aliphatic heterocycles. The van der Waals surface area contributed by atoms with Gasteiger partial charge in [-0.3, -0.25) is 4.79 Å². The van der Waals surface area contributed by atoms with E-state index in [1.807, 2.05) is 5.32 Å². The maximum atomic E-state index is 12.1. The van der Waals surface area contributed by atoms with Crippen LogP contribution in [0, 0.1) is 0 Å². The first-order chi connectivity index (χ1) is 9.27. The Bertz CT molecular complexity index is 474.